The first-order valence-electron chi connectivity index (χ1n) is 7.06. The summed E-state index contributed by atoms with van der Waals surface area (Å²) in [6.45, 7) is 4.36. The first kappa shape index (κ1) is 14.1. The molecule has 21 heavy (non-hydrogen) atoms. The molecule has 3 aromatic rings. The minimum atomic E-state index is 0.361. The Kier molecular flexibility index (Phi) is 3.93. The molecule has 0 aliphatic heterocycles. The molecule has 0 aliphatic carbocycles. The molecule has 3 rings (SSSR count). The molecule has 0 amide bonds. The highest BCUT2D eigenvalue weighted by Crippen LogP contribution is 2.27. The second-order valence-electron chi connectivity index (χ2n) is 5.29. The molecule has 106 valence electrons. The number of fused-ring (bicyclic) bond motifs is 1. The highest BCUT2D eigenvalue weighted by Gasteiger charge is 2.12. The molecule has 2 aromatic carbocycles. The molecule has 0 fully saturated rings. The van der Waals surface area contributed by atoms with Gasteiger partial charge < -0.3 is 4.57 Å². The maximum absolute atomic E-state index is 4.78. The predicted molar refractivity (Wildman–Crippen MR) is 93.2 cm³/mol. The number of nitrogens with zero attached hydrogens (tertiary/aromatic N) is 2. The largest absolute Gasteiger partial charge is 0.322 e. The lowest BCUT2D eigenvalue weighted by Gasteiger charge is -2.11. The SMILES string of the molecule is CC(C)n1c(/C=C/c2ccccc2)nc2c(Br)cccc21. The number of para-hydroxylation sites is 1. The maximum Gasteiger partial charge on any atom is 0.134 e. The van der Waals surface area contributed by atoms with Gasteiger partial charge in [-0.05, 0) is 53.5 Å². The van der Waals surface area contributed by atoms with Gasteiger partial charge in [0.1, 0.15) is 11.3 Å². The Morgan fingerprint density at radius 1 is 1.00 bits per heavy atom. The van der Waals surface area contributed by atoms with Crippen LogP contribution in [0.1, 0.15) is 31.3 Å². The lowest BCUT2D eigenvalue weighted by atomic mass is 10.2. The summed E-state index contributed by atoms with van der Waals surface area (Å²) in [4.78, 5) is 4.78. The third-order valence-corrected chi connectivity index (χ3v) is 4.08. The van der Waals surface area contributed by atoms with E-state index in [2.05, 4.69) is 70.8 Å². The lowest BCUT2D eigenvalue weighted by Crippen LogP contribution is -2.02. The Bertz CT molecular complexity index is 786. The molecule has 0 N–H and O–H groups in total. The van der Waals surface area contributed by atoms with Crippen molar-refractivity contribution in [1.82, 2.24) is 9.55 Å². The summed E-state index contributed by atoms with van der Waals surface area (Å²) in [6.07, 6.45) is 4.19. The van der Waals surface area contributed by atoms with E-state index in [4.69, 9.17) is 4.98 Å². The van der Waals surface area contributed by atoms with Crippen LogP contribution in [0.2, 0.25) is 0 Å². The van der Waals surface area contributed by atoms with Crippen LogP contribution in [0.15, 0.2) is 53.0 Å². The van der Waals surface area contributed by atoms with Crippen LogP contribution in [0.5, 0.6) is 0 Å². The van der Waals surface area contributed by atoms with Crippen LogP contribution in [0.4, 0.5) is 0 Å². The smallest absolute Gasteiger partial charge is 0.134 e. The zero-order valence-electron chi connectivity index (χ0n) is 12.1. The maximum atomic E-state index is 4.78. The Morgan fingerprint density at radius 3 is 2.48 bits per heavy atom. The Hall–Kier alpha value is -1.87. The van der Waals surface area contributed by atoms with Crippen molar-refractivity contribution in [2.75, 3.05) is 0 Å². The van der Waals surface area contributed by atoms with E-state index >= 15 is 0 Å². The van der Waals surface area contributed by atoms with Gasteiger partial charge in [0.05, 0.1) is 5.52 Å². The average molecular weight is 341 g/mol. The van der Waals surface area contributed by atoms with E-state index < -0.39 is 0 Å². The van der Waals surface area contributed by atoms with Gasteiger partial charge in [0.15, 0.2) is 0 Å². The summed E-state index contributed by atoms with van der Waals surface area (Å²) in [5.74, 6) is 0.982. The van der Waals surface area contributed by atoms with Crippen molar-refractivity contribution in [3.63, 3.8) is 0 Å². The van der Waals surface area contributed by atoms with Crippen molar-refractivity contribution < 1.29 is 0 Å². The molecule has 1 aromatic heterocycles. The second kappa shape index (κ2) is 5.86. The van der Waals surface area contributed by atoms with Crippen LogP contribution >= 0.6 is 15.9 Å². The van der Waals surface area contributed by atoms with Crippen molar-refractivity contribution >= 4 is 39.1 Å². The predicted octanol–water partition coefficient (Wildman–Crippen LogP) is 5.55. The number of benzene rings is 2. The highest BCUT2D eigenvalue weighted by molar-refractivity contribution is 9.10. The third-order valence-electron chi connectivity index (χ3n) is 3.44. The molecule has 0 saturated heterocycles. The van der Waals surface area contributed by atoms with E-state index in [9.17, 15) is 0 Å². The van der Waals surface area contributed by atoms with Crippen molar-refractivity contribution in [2.45, 2.75) is 19.9 Å². The molecule has 0 aliphatic rings. The zero-order valence-corrected chi connectivity index (χ0v) is 13.7. The molecule has 2 nitrogen and oxygen atoms in total. The van der Waals surface area contributed by atoms with Gasteiger partial charge in [-0.1, -0.05) is 42.5 Å². The van der Waals surface area contributed by atoms with Crippen LogP contribution in [-0.4, -0.2) is 9.55 Å². The first-order valence-corrected chi connectivity index (χ1v) is 7.85. The molecular formula is C18H17BrN2. The van der Waals surface area contributed by atoms with Gasteiger partial charge in [0, 0.05) is 10.5 Å². The molecule has 1 heterocycles. The molecule has 0 radical (unpaired) electrons. The normalized spacial score (nSPS) is 11.8. The van der Waals surface area contributed by atoms with E-state index in [1.165, 1.54) is 5.56 Å². The molecule has 0 spiro atoms. The lowest BCUT2D eigenvalue weighted by molar-refractivity contribution is 0.612. The molecular weight excluding hydrogens is 324 g/mol. The summed E-state index contributed by atoms with van der Waals surface area (Å²) in [7, 11) is 0. The summed E-state index contributed by atoms with van der Waals surface area (Å²) in [6, 6.07) is 16.9. The fraction of sp³-hybridized carbons (Fsp3) is 0.167. The minimum absolute atomic E-state index is 0.361. The van der Waals surface area contributed by atoms with E-state index in [1.54, 1.807) is 0 Å². The quantitative estimate of drug-likeness (QED) is 0.611. The Labute approximate surface area is 133 Å². The summed E-state index contributed by atoms with van der Waals surface area (Å²) < 4.78 is 3.30. The van der Waals surface area contributed by atoms with Crippen LogP contribution in [0.25, 0.3) is 23.2 Å². The standard InChI is InChI=1S/C18H17BrN2/c1-13(2)21-16-10-6-9-15(19)18(16)20-17(21)12-11-14-7-4-3-5-8-14/h3-13H,1-2H3/b12-11+. The molecule has 0 saturated carbocycles. The van der Waals surface area contributed by atoms with Crippen molar-refractivity contribution in [3.05, 3.63) is 64.4 Å². The monoisotopic (exact) mass is 340 g/mol. The average Bonchev–Trinajstić information content (AvgIpc) is 2.86. The number of hydrogen-bond donors (Lipinski definition) is 0. The van der Waals surface area contributed by atoms with Gasteiger partial charge in [-0.2, -0.15) is 0 Å². The molecule has 0 unspecified atom stereocenters. The van der Waals surface area contributed by atoms with Gasteiger partial charge in [-0.3, -0.25) is 0 Å². The second-order valence-corrected chi connectivity index (χ2v) is 6.14. The number of halogens is 1. The fourth-order valence-electron chi connectivity index (χ4n) is 2.50. The van der Waals surface area contributed by atoms with Gasteiger partial charge in [0.2, 0.25) is 0 Å². The van der Waals surface area contributed by atoms with E-state index in [0.29, 0.717) is 6.04 Å². The Balaban J connectivity index is 2.12. The van der Waals surface area contributed by atoms with Crippen LogP contribution in [0, 0.1) is 0 Å². The third kappa shape index (κ3) is 2.79. The number of aromatic nitrogens is 2. The summed E-state index contributed by atoms with van der Waals surface area (Å²) in [5.41, 5.74) is 3.35. The van der Waals surface area contributed by atoms with Crippen molar-refractivity contribution in [1.29, 1.82) is 0 Å². The van der Waals surface area contributed by atoms with E-state index in [0.717, 1.165) is 21.3 Å². The van der Waals surface area contributed by atoms with Gasteiger partial charge >= 0.3 is 0 Å². The summed E-state index contributed by atoms with van der Waals surface area (Å²) in [5, 5.41) is 0. The number of hydrogen-bond acceptors (Lipinski definition) is 1. The topological polar surface area (TPSA) is 17.8 Å². The fourth-order valence-corrected chi connectivity index (χ4v) is 2.94. The van der Waals surface area contributed by atoms with Crippen molar-refractivity contribution in [3.8, 4) is 0 Å². The van der Waals surface area contributed by atoms with E-state index in [1.807, 2.05) is 24.3 Å². The molecule has 0 bridgehead atoms. The minimum Gasteiger partial charge on any atom is -0.322 e. The van der Waals surface area contributed by atoms with Crippen LogP contribution in [0.3, 0.4) is 0 Å². The molecule has 3 heteroatoms. The van der Waals surface area contributed by atoms with Crippen LogP contribution < -0.4 is 0 Å². The number of imidazole rings is 1. The van der Waals surface area contributed by atoms with Crippen molar-refractivity contribution in [2.24, 2.45) is 0 Å². The Morgan fingerprint density at radius 2 is 1.76 bits per heavy atom. The summed E-state index contributed by atoms with van der Waals surface area (Å²) >= 11 is 3.59. The van der Waals surface area contributed by atoms with Gasteiger partial charge in [-0.25, -0.2) is 4.98 Å². The van der Waals surface area contributed by atoms with E-state index in [-0.39, 0.29) is 0 Å². The van der Waals surface area contributed by atoms with Crippen LogP contribution in [-0.2, 0) is 0 Å². The molecule has 0 atom stereocenters. The van der Waals surface area contributed by atoms with Gasteiger partial charge in [0.25, 0.3) is 0 Å². The number of rotatable bonds is 3. The highest BCUT2D eigenvalue weighted by atomic mass is 79.9. The first-order chi connectivity index (χ1) is 10.2. The zero-order chi connectivity index (χ0) is 14.8. The van der Waals surface area contributed by atoms with Gasteiger partial charge in [-0.15, -0.1) is 0 Å².